The van der Waals surface area contributed by atoms with Crippen molar-refractivity contribution in [2.75, 3.05) is 0 Å². The third-order valence-corrected chi connectivity index (χ3v) is 6.21. The molecule has 1 N–H and O–H groups in total. The minimum absolute atomic E-state index is 0.0461. The van der Waals surface area contributed by atoms with E-state index in [0.29, 0.717) is 6.42 Å². The number of hydrogen-bond donors (Lipinski definition) is 1. The first-order valence-electron chi connectivity index (χ1n) is 10.7. The number of hydrogen-bond acceptors (Lipinski definition) is 2. The molecule has 2 rings (SSSR count). The molecule has 0 saturated carbocycles. The van der Waals surface area contributed by atoms with Gasteiger partial charge in [-0.2, -0.15) is 8.42 Å². The summed E-state index contributed by atoms with van der Waals surface area (Å²) in [5, 5.41) is 0. The van der Waals surface area contributed by atoms with Crippen LogP contribution in [0.25, 0.3) is 11.1 Å². The monoisotopic (exact) mass is 402 g/mol. The van der Waals surface area contributed by atoms with E-state index in [0.717, 1.165) is 29.5 Å². The van der Waals surface area contributed by atoms with Gasteiger partial charge in [-0.3, -0.25) is 4.55 Å². The molecule has 0 radical (unpaired) electrons. The Morgan fingerprint density at radius 2 is 1.29 bits per heavy atom. The van der Waals surface area contributed by atoms with Gasteiger partial charge in [-0.15, -0.1) is 0 Å². The zero-order chi connectivity index (χ0) is 20.2. The van der Waals surface area contributed by atoms with E-state index in [1.54, 1.807) is 6.07 Å². The average Bonchev–Trinajstić information content (AvgIpc) is 2.69. The molecule has 0 spiro atoms. The van der Waals surface area contributed by atoms with Crippen LogP contribution in [0.3, 0.4) is 0 Å². The van der Waals surface area contributed by atoms with Crippen LogP contribution in [0.1, 0.15) is 76.7 Å². The lowest BCUT2D eigenvalue weighted by molar-refractivity contribution is 0.481. The summed E-state index contributed by atoms with van der Waals surface area (Å²) < 4.78 is 33.4. The second kappa shape index (κ2) is 12.0. The summed E-state index contributed by atoms with van der Waals surface area (Å²) in [7, 11) is -4.23. The molecule has 0 atom stereocenters. The molecular formula is C24H34O3S. The summed E-state index contributed by atoms with van der Waals surface area (Å²) in [6.45, 7) is 2.24. The van der Waals surface area contributed by atoms with E-state index in [1.165, 1.54) is 57.4 Å². The lowest BCUT2D eigenvalue weighted by atomic mass is 9.95. The molecule has 2 aromatic carbocycles. The lowest BCUT2D eigenvalue weighted by Gasteiger charge is -2.14. The van der Waals surface area contributed by atoms with Gasteiger partial charge in [0.2, 0.25) is 0 Å². The maximum atomic E-state index is 11.9. The molecule has 0 aliphatic rings. The Hall–Kier alpha value is -1.65. The van der Waals surface area contributed by atoms with Gasteiger partial charge in [0.1, 0.15) is 0 Å². The van der Waals surface area contributed by atoms with Crippen LogP contribution in [0.5, 0.6) is 0 Å². The molecular weight excluding hydrogens is 368 g/mol. The van der Waals surface area contributed by atoms with Gasteiger partial charge in [-0.25, -0.2) is 0 Å². The second-order valence-electron chi connectivity index (χ2n) is 7.56. The maximum Gasteiger partial charge on any atom is 0.294 e. The van der Waals surface area contributed by atoms with Crippen molar-refractivity contribution in [3.63, 3.8) is 0 Å². The smallest absolute Gasteiger partial charge is 0.282 e. The van der Waals surface area contributed by atoms with Crippen LogP contribution in [0.2, 0.25) is 0 Å². The first-order valence-corrected chi connectivity index (χ1v) is 12.1. The molecule has 0 heterocycles. The van der Waals surface area contributed by atoms with E-state index in [4.69, 9.17) is 0 Å². The Bertz CT molecular complexity index is 798. The Kier molecular flexibility index (Phi) is 9.72. The van der Waals surface area contributed by atoms with Crippen molar-refractivity contribution in [2.45, 2.75) is 82.4 Å². The Morgan fingerprint density at radius 1 is 0.714 bits per heavy atom. The molecule has 3 nitrogen and oxygen atoms in total. The molecule has 0 fully saturated rings. The SMILES string of the molecule is CCCCCCCCCCCCc1c(-c2ccccc2)cccc1S(=O)(=O)O. The summed E-state index contributed by atoms with van der Waals surface area (Å²) in [5.41, 5.74) is 2.61. The molecule has 0 aromatic heterocycles. The highest BCUT2D eigenvalue weighted by molar-refractivity contribution is 7.85. The van der Waals surface area contributed by atoms with Crippen molar-refractivity contribution < 1.29 is 13.0 Å². The van der Waals surface area contributed by atoms with Gasteiger partial charge in [-0.1, -0.05) is 107 Å². The number of unbranched alkanes of at least 4 members (excludes halogenated alkanes) is 9. The topological polar surface area (TPSA) is 54.4 Å². The fraction of sp³-hybridized carbons (Fsp3) is 0.500. The van der Waals surface area contributed by atoms with Gasteiger partial charge in [0, 0.05) is 0 Å². The highest BCUT2D eigenvalue weighted by atomic mass is 32.2. The molecule has 154 valence electrons. The molecule has 0 aliphatic carbocycles. The van der Waals surface area contributed by atoms with Crippen LogP contribution in [-0.2, 0) is 16.5 Å². The molecule has 2 aromatic rings. The van der Waals surface area contributed by atoms with E-state index < -0.39 is 10.1 Å². The summed E-state index contributed by atoms with van der Waals surface area (Å²) in [6.07, 6.45) is 13.1. The van der Waals surface area contributed by atoms with Crippen LogP contribution in [0, 0.1) is 0 Å². The van der Waals surface area contributed by atoms with E-state index in [1.807, 2.05) is 36.4 Å². The minimum Gasteiger partial charge on any atom is -0.282 e. The zero-order valence-electron chi connectivity index (χ0n) is 17.1. The Balaban J connectivity index is 1.93. The van der Waals surface area contributed by atoms with Crippen LogP contribution < -0.4 is 0 Å². The normalized spacial score (nSPS) is 11.6. The highest BCUT2D eigenvalue weighted by Gasteiger charge is 2.18. The van der Waals surface area contributed by atoms with E-state index in [-0.39, 0.29) is 4.90 Å². The van der Waals surface area contributed by atoms with Gasteiger partial charge in [-0.05, 0) is 35.6 Å². The first-order chi connectivity index (χ1) is 13.5. The van der Waals surface area contributed by atoms with Gasteiger partial charge in [0.05, 0.1) is 4.90 Å². The third-order valence-electron chi connectivity index (χ3n) is 5.28. The predicted octanol–water partition coefficient (Wildman–Crippen LogP) is 7.06. The quantitative estimate of drug-likeness (QED) is 0.288. The molecule has 28 heavy (non-hydrogen) atoms. The van der Waals surface area contributed by atoms with Crippen molar-refractivity contribution >= 4 is 10.1 Å². The van der Waals surface area contributed by atoms with Crippen LogP contribution in [0.4, 0.5) is 0 Å². The summed E-state index contributed by atoms with van der Waals surface area (Å²) >= 11 is 0. The fourth-order valence-electron chi connectivity index (χ4n) is 3.74. The Labute approximate surface area is 170 Å². The van der Waals surface area contributed by atoms with E-state index >= 15 is 0 Å². The average molecular weight is 403 g/mol. The third kappa shape index (κ3) is 7.40. The molecule has 0 aliphatic heterocycles. The van der Waals surface area contributed by atoms with Crippen molar-refractivity contribution in [1.29, 1.82) is 0 Å². The van der Waals surface area contributed by atoms with Gasteiger partial charge in [0.25, 0.3) is 10.1 Å². The van der Waals surface area contributed by atoms with Crippen LogP contribution in [-0.4, -0.2) is 13.0 Å². The standard InChI is InChI=1S/C24H34O3S/c1-2-3-4-5-6-7-8-9-10-14-18-23-22(21-16-12-11-13-17-21)19-15-20-24(23)28(25,26)27/h11-13,15-17,19-20H,2-10,14,18H2,1H3,(H,25,26,27). The predicted molar refractivity (Wildman–Crippen MR) is 117 cm³/mol. The largest absolute Gasteiger partial charge is 0.294 e. The van der Waals surface area contributed by atoms with Crippen LogP contribution in [0.15, 0.2) is 53.4 Å². The van der Waals surface area contributed by atoms with Gasteiger partial charge < -0.3 is 0 Å². The van der Waals surface area contributed by atoms with Crippen molar-refractivity contribution in [3.8, 4) is 11.1 Å². The van der Waals surface area contributed by atoms with E-state index in [2.05, 4.69) is 6.92 Å². The summed E-state index contributed by atoms with van der Waals surface area (Å²) in [4.78, 5) is 0.0461. The second-order valence-corrected chi connectivity index (χ2v) is 8.95. The summed E-state index contributed by atoms with van der Waals surface area (Å²) in [6, 6.07) is 14.9. The van der Waals surface area contributed by atoms with Crippen molar-refractivity contribution in [3.05, 3.63) is 54.1 Å². The fourth-order valence-corrected chi connectivity index (χ4v) is 4.52. The van der Waals surface area contributed by atoms with E-state index in [9.17, 15) is 13.0 Å². The number of benzene rings is 2. The maximum absolute atomic E-state index is 11.9. The first kappa shape index (κ1) is 22.6. The molecule has 4 heteroatoms. The van der Waals surface area contributed by atoms with Gasteiger partial charge >= 0.3 is 0 Å². The lowest BCUT2D eigenvalue weighted by Crippen LogP contribution is -2.05. The number of rotatable bonds is 13. The molecule has 0 bridgehead atoms. The molecule has 0 saturated heterocycles. The van der Waals surface area contributed by atoms with Crippen molar-refractivity contribution in [1.82, 2.24) is 0 Å². The Morgan fingerprint density at radius 3 is 1.86 bits per heavy atom. The van der Waals surface area contributed by atoms with Crippen molar-refractivity contribution in [2.24, 2.45) is 0 Å². The van der Waals surface area contributed by atoms with Gasteiger partial charge in [0.15, 0.2) is 0 Å². The highest BCUT2D eigenvalue weighted by Crippen LogP contribution is 2.30. The molecule has 0 unspecified atom stereocenters. The summed E-state index contributed by atoms with van der Waals surface area (Å²) in [5.74, 6) is 0. The molecule has 0 amide bonds. The minimum atomic E-state index is -4.23. The van der Waals surface area contributed by atoms with Crippen LogP contribution >= 0.6 is 0 Å². The zero-order valence-corrected chi connectivity index (χ0v) is 17.9.